The summed E-state index contributed by atoms with van der Waals surface area (Å²) in [7, 11) is 2.25. The molecule has 1 aliphatic carbocycles. The molecule has 0 saturated heterocycles. The van der Waals surface area contributed by atoms with Crippen molar-refractivity contribution in [3.8, 4) is 0 Å². The molecule has 0 aromatic rings. The maximum atomic E-state index is 3.78. The second-order valence-electron chi connectivity index (χ2n) is 5.31. The second kappa shape index (κ2) is 7.50. The van der Waals surface area contributed by atoms with Crippen LogP contribution in [-0.4, -0.2) is 24.5 Å². The van der Waals surface area contributed by atoms with Crippen molar-refractivity contribution < 1.29 is 0 Å². The molecule has 0 unspecified atom stereocenters. The first-order valence-electron chi connectivity index (χ1n) is 6.82. The summed E-state index contributed by atoms with van der Waals surface area (Å²) in [5.74, 6) is 0.929. The highest BCUT2D eigenvalue weighted by Gasteiger charge is 2.21. The molecule has 1 nitrogen and oxygen atoms in total. The molecule has 0 atom stereocenters. The van der Waals surface area contributed by atoms with Crippen LogP contribution in [0.4, 0.5) is 0 Å². The van der Waals surface area contributed by atoms with Crippen LogP contribution in [0.15, 0.2) is 36.5 Å². The van der Waals surface area contributed by atoms with E-state index in [9.17, 15) is 0 Å². The molecule has 1 saturated carbocycles. The lowest BCUT2D eigenvalue weighted by molar-refractivity contribution is 0.182. The normalized spacial score (nSPS) is 26.7. The zero-order valence-corrected chi connectivity index (χ0v) is 11.7. The van der Waals surface area contributed by atoms with Gasteiger partial charge in [0.2, 0.25) is 0 Å². The molecule has 1 fully saturated rings. The Hall–Kier alpha value is -0.820. The Kier molecular flexibility index (Phi) is 6.28. The quantitative estimate of drug-likeness (QED) is 0.644. The van der Waals surface area contributed by atoms with Crippen molar-refractivity contribution >= 4 is 0 Å². The predicted molar refractivity (Wildman–Crippen MR) is 77.1 cm³/mol. The summed E-state index contributed by atoms with van der Waals surface area (Å²) in [4.78, 5) is 2.50. The molecule has 0 radical (unpaired) electrons. The van der Waals surface area contributed by atoms with E-state index in [0.29, 0.717) is 0 Å². The van der Waals surface area contributed by atoms with Gasteiger partial charge in [-0.1, -0.05) is 37.8 Å². The number of rotatable bonds is 5. The van der Waals surface area contributed by atoms with Gasteiger partial charge in [-0.25, -0.2) is 0 Å². The van der Waals surface area contributed by atoms with Crippen molar-refractivity contribution in [1.82, 2.24) is 4.90 Å². The highest BCUT2D eigenvalue weighted by molar-refractivity contribution is 5.24. The highest BCUT2D eigenvalue weighted by Crippen LogP contribution is 2.26. The van der Waals surface area contributed by atoms with Gasteiger partial charge in [-0.2, -0.15) is 0 Å². The fourth-order valence-electron chi connectivity index (χ4n) is 2.63. The zero-order chi connectivity index (χ0) is 12.7. The summed E-state index contributed by atoms with van der Waals surface area (Å²) in [5.41, 5.74) is 1.35. The van der Waals surface area contributed by atoms with Crippen LogP contribution in [0.3, 0.4) is 0 Å². The van der Waals surface area contributed by atoms with Crippen molar-refractivity contribution in [2.24, 2.45) is 5.92 Å². The average molecular weight is 233 g/mol. The molecule has 17 heavy (non-hydrogen) atoms. The molecule has 96 valence electrons. The Labute approximate surface area is 107 Å². The summed E-state index contributed by atoms with van der Waals surface area (Å²) >= 11 is 0. The molecule has 0 spiro atoms. The van der Waals surface area contributed by atoms with Crippen LogP contribution < -0.4 is 0 Å². The Morgan fingerprint density at radius 3 is 2.47 bits per heavy atom. The van der Waals surface area contributed by atoms with Crippen LogP contribution in [0.5, 0.6) is 0 Å². The fourth-order valence-corrected chi connectivity index (χ4v) is 2.63. The molecular formula is C16H27N. The molecule has 1 aliphatic rings. The van der Waals surface area contributed by atoms with Crippen LogP contribution in [0.25, 0.3) is 0 Å². The first-order valence-corrected chi connectivity index (χ1v) is 6.82. The summed E-state index contributed by atoms with van der Waals surface area (Å²) in [6.07, 6.45) is 13.8. The number of allylic oxidation sites excluding steroid dienone is 3. The largest absolute Gasteiger partial charge is 0.299 e. The Morgan fingerprint density at radius 1 is 1.29 bits per heavy atom. The van der Waals surface area contributed by atoms with Gasteiger partial charge in [-0.15, -0.1) is 0 Å². The average Bonchev–Trinajstić information content (AvgIpc) is 2.30. The summed E-state index contributed by atoms with van der Waals surface area (Å²) < 4.78 is 0. The van der Waals surface area contributed by atoms with Gasteiger partial charge in [0, 0.05) is 12.6 Å². The first kappa shape index (κ1) is 14.2. The molecule has 0 N–H and O–H groups in total. The smallest absolute Gasteiger partial charge is 0.0233 e. The minimum absolute atomic E-state index is 0.768. The van der Waals surface area contributed by atoms with Gasteiger partial charge in [-0.3, -0.25) is 4.90 Å². The van der Waals surface area contributed by atoms with Crippen molar-refractivity contribution in [1.29, 1.82) is 0 Å². The van der Waals surface area contributed by atoms with Crippen LogP contribution in [0.1, 0.15) is 39.5 Å². The number of hydrogen-bond acceptors (Lipinski definition) is 1. The zero-order valence-electron chi connectivity index (χ0n) is 11.7. The minimum atomic E-state index is 0.768. The molecule has 0 bridgehead atoms. The lowest BCUT2D eigenvalue weighted by Gasteiger charge is -2.33. The minimum Gasteiger partial charge on any atom is -0.299 e. The van der Waals surface area contributed by atoms with E-state index in [4.69, 9.17) is 0 Å². The van der Waals surface area contributed by atoms with Crippen molar-refractivity contribution in [2.75, 3.05) is 13.6 Å². The van der Waals surface area contributed by atoms with E-state index in [1.165, 1.54) is 31.3 Å². The Morgan fingerprint density at radius 2 is 1.94 bits per heavy atom. The summed E-state index contributed by atoms with van der Waals surface area (Å²) in [6, 6.07) is 0.768. The van der Waals surface area contributed by atoms with E-state index in [1.807, 2.05) is 6.08 Å². The summed E-state index contributed by atoms with van der Waals surface area (Å²) in [5, 5.41) is 0. The third-order valence-corrected chi connectivity index (χ3v) is 3.75. The van der Waals surface area contributed by atoms with Gasteiger partial charge in [0.1, 0.15) is 0 Å². The van der Waals surface area contributed by atoms with Crippen molar-refractivity contribution in [3.05, 3.63) is 36.5 Å². The van der Waals surface area contributed by atoms with Gasteiger partial charge in [-0.05, 0) is 51.1 Å². The summed E-state index contributed by atoms with van der Waals surface area (Å²) in [6.45, 7) is 9.26. The Bertz CT molecular complexity index is 280. The van der Waals surface area contributed by atoms with Gasteiger partial charge < -0.3 is 0 Å². The molecule has 1 heteroatoms. The molecule has 0 heterocycles. The SMILES string of the molecule is C=C/C=C(\C=C/C)CN(C)C1CCC(C)CC1. The molecule has 0 amide bonds. The topological polar surface area (TPSA) is 3.24 Å². The molecule has 0 aromatic carbocycles. The Balaban J connectivity index is 2.49. The molecule has 1 rings (SSSR count). The first-order chi connectivity index (χ1) is 8.17. The fraction of sp³-hybridized carbons (Fsp3) is 0.625. The highest BCUT2D eigenvalue weighted by atomic mass is 15.1. The maximum absolute atomic E-state index is 3.78. The van der Waals surface area contributed by atoms with Crippen LogP contribution in [0, 0.1) is 5.92 Å². The van der Waals surface area contributed by atoms with E-state index < -0.39 is 0 Å². The van der Waals surface area contributed by atoms with E-state index in [-0.39, 0.29) is 0 Å². The predicted octanol–water partition coefficient (Wildman–Crippen LogP) is 4.19. The standard InChI is InChI=1S/C16H27N/c1-5-7-15(8-6-2)13-17(4)16-11-9-14(3)10-12-16/h5-8,14,16H,1,9-13H2,2-4H3/b8-6-,15-7+. The number of hydrogen-bond donors (Lipinski definition) is 0. The third-order valence-electron chi connectivity index (χ3n) is 3.75. The molecule has 0 aromatic heterocycles. The number of likely N-dealkylation sites (N-methyl/N-ethyl adjacent to an activating group) is 1. The van der Waals surface area contributed by atoms with Gasteiger partial charge in [0.15, 0.2) is 0 Å². The lowest BCUT2D eigenvalue weighted by atomic mass is 9.86. The van der Waals surface area contributed by atoms with E-state index in [0.717, 1.165) is 18.5 Å². The maximum Gasteiger partial charge on any atom is 0.0233 e. The molecular weight excluding hydrogens is 206 g/mol. The van der Waals surface area contributed by atoms with Crippen molar-refractivity contribution in [3.63, 3.8) is 0 Å². The number of nitrogens with zero attached hydrogens (tertiary/aromatic N) is 1. The lowest BCUT2D eigenvalue weighted by Crippen LogP contribution is -2.35. The van der Waals surface area contributed by atoms with Crippen LogP contribution in [-0.2, 0) is 0 Å². The van der Waals surface area contributed by atoms with E-state index >= 15 is 0 Å². The molecule has 0 aliphatic heterocycles. The van der Waals surface area contributed by atoms with Crippen LogP contribution in [0.2, 0.25) is 0 Å². The second-order valence-corrected chi connectivity index (χ2v) is 5.31. The van der Waals surface area contributed by atoms with E-state index in [1.54, 1.807) is 0 Å². The van der Waals surface area contributed by atoms with Gasteiger partial charge in [0.05, 0.1) is 0 Å². The van der Waals surface area contributed by atoms with Gasteiger partial charge >= 0.3 is 0 Å². The van der Waals surface area contributed by atoms with E-state index in [2.05, 4.69) is 50.6 Å². The van der Waals surface area contributed by atoms with Crippen molar-refractivity contribution in [2.45, 2.75) is 45.6 Å². The van der Waals surface area contributed by atoms with Crippen LogP contribution >= 0.6 is 0 Å². The van der Waals surface area contributed by atoms with Gasteiger partial charge in [0.25, 0.3) is 0 Å². The third kappa shape index (κ3) is 4.91. The monoisotopic (exact) mass is 233 g/mol.